The lowest BCUT2D eigenvalue weighted by Gasteiger charge is -2.36. The van der Waals surface area contributed by atoms with Crippen LogP contribution >= 0.6 is 0 Å². The largest absolute Gasteiger partial charge is 0.469 e. The summed E-state index contributed by atoms with van der Waals surface area (Å²) in [6.45, 7) is 2.20. The van der Waals surface area contributed by atoms with Crippen molar-refractivity contribution in [2.45, 2.75) is 44.4 Å². The Morgan fingerprint density at radius 2 is 2.40 bits per heavy atom. The minimum absolute atomic E-state index is 0.471. The molecule has 1 aromatic heterocycles. The molecule has 0 aliphatic heterocycles. The van der Waals surface area contributed by atoms with Crippen LogP contribution in [0.1, 0.15) is 25.5 Å². The molecule has 1 fully saturated rings. The first kappa shape index (κ1) is 10.7. The first-order chi connectivity index (χ1) is 7.28. The number of hydrogen-bond acceptors (Lipinski definition) is 3. The van der Waals surface area contributed by atoms with Gasteiger partial charge in [0.15, 0.2) is 0 Å². The van der Waals surface area contributed by atoms with Gasteiger partial charge in [-0.2, -0.15) is 0 Å². The van der Waals surface area contributed by atoms with Crippen LogP contribution in [-0.4, -0.2) is 25.3 Å². The Kier molecular flexibility index (Phi) is 3.44. The van der Waals surface area contributed by atoms with Crippen LogP contribution < -0.4 is 5.32 Å². The van der Waals surface area contributed by atoms with Gasteiger partial charge in [-0.25, -0.2) is 0 Å². The van der Waals surface area contributed by atoms with Gasteiger partial charge in [-0.05, 0) is 31.9 Å². The van der Waals surface area contributed by atoms with E-state index < -0.39 is 0 Å². The van der Waals surface area contributed by atoms with Crippen molar-refractivity contribution in [1.29, 1.82) is 0 Å². The van der Waals surface area contributed by atoms with E-state index in [1.54, 1.807) is 13.4 Å². The Labute approximate surface area is 90.8 Å². The smallest absolute Gasteiger partial charge is 0.105 e. The van der Waals surface area contributed by atoms with Gasteiger partial charge < -0.3 is 14.5 Å². The van der Waals surface area contributed by atoms with Gasteiger partial charge in [-0.15, -0.1) is 0 Å². The predicted molar refractivity (Wildman–Crippen MR) is 58.8 cm³/mol. The number of ether oxygens (including phenoxy) is 1. The number of rotatable bonds is 5. The maximum Gasteiger partial charge on any atom is 0.105 e. The summed E-state index contributed by atoms with van der Waals surface area (Å²) in [7, 11) is 1.78. The van der Waals surface area contributed by atoms with Crippen molar-refractivity contribution in [3.05, 3.63) is 24.2 Å². The molecule has 15 heavy (non-hydrogen) atoms. The van der Waals surface area contributed by atoms with E-state index in [4.69, 9.17) is 9.15 Å². The zero-order valence-corrected chi connectivity index (χ0v) is 9.40. The normalized spacial score (nSPS) is 27.3. The van der Waals surface area contributed by atoms with E-state index in [0.717, 1.165) is 25.0 Å². The Bertz CT molecular complexity index is 278. The second-order valence-electron chi connectivity index (χ2n) is 4.38. The van der Waals surface area contributed by atoms with Crippen molar-refractivity contribution in [3.63, 3.8) is 0 Å². The molecule has 0 saturated heterocycles. The maximum absolute atomic E-state index is 5.31. The van der Waals surface area contributed by atoms with Gasteiger partial charge in [0.1, 0.15) is 5.76 Å². The van der Waals surface area contributed by atoms with E-state index in [0.29, 0.717) is 18.2 Å². The van der Waals surface area contributed by atoms with Crippen LogP contribution in [0, 0.1) is 0 Å². The van der Waals surface area contributed by atoms with Gasteiger partial charge in [0.05, 0.1) is 12.4 Å². The third-order valence-corrected chi connectivity index (χ3v) is 3.04. The first-order valence-corrected chi connectivity index (χ1v) is 5.59. The van der Waals surface area contributed by atoms with Gasteiger partial charge in [0.25, 0.3) is 0 Å². The number of nitrogens with one attached hydrogen (secondary N) is 1. The van der Waals surface area contributed by atoms with Crippen molar-refractivity contribution in [2.75, 3.05) is 7.11 Å². The Balaban J connectivity index is 1.67. The Morgan fingerprint density at radius 1 is 1.60 bits per heavy atom. The third kappa shape index (κ3) is 2.83. The molecule has 1 aromatic rings. The molecule has 1 unspecified atom stereocenters. The predicted octanol–water partition coefficient (Wildman–Crippen LogP) is 1.98. The second kappa shape index (κ2) is 4.81. The van der Waals surface area contributed by atoms with Gasteiger partial charge in [-0.1, -0.05) is 0 Å². The van der Waals surface area contributed by atoms with Crippen LogP contribution in [0.5, 0.6) is 0 Å². The summed E-state index contributed by atoms with van der Waals surface area (Å²) >= 11 is 0. The van der Waals surface area contributed by atoms with Crippen molar-refractivity contribution in [2.24, 2.45) is 0 Å². The highest BCUT2D eigenvalue weighted by Gasteiger charge is 2.29. The number of methoxy groups -OCH3 is 1. The van der Waals surface area contributed by atoms with E-state index >= 15 is 0 Å². The lowest BCUT2D eigenvalue weighted by molar-refractivity contribution is 0.0147. The van der Waals surface area contributed by atoms with Crippen LogP contribution in [0.15, 0.2) is 22.8 Å². The number of hydrogen-bond donors (Lipinski definition) is 1. The average molecular weight is 209 g/mol. The van der Waals surface area contributed by atoms with Gasteiger partial charge in [0.2, 0.25) is 0 Å². The summed E-state index contributed by atoms with van der Waals surface area (Å²) in [4.78, 5) is 0. The van der Waals surface area contributed by atoms with Crippen LogP contribution in [0.4, 0.5) is 0 Å². The molecule has 3 nitrogen and oxygen atoms in total. The van der Waals surface area contributed by atoms with Gasteiger partial charge in [0, 0.05) is 25.6 Å². The Hall–Kier alpha value is -0.800. The molecular weight excluding hydrogens is 190 g/mol. The second-order valence-corrected chi connectivity index (χ2v) is 4.38. The van der Waals surface area contributed by atoms with Crippen LogP contribution in [0.25, 0.3) is 0 Å². The molecule has 1 heterocycles. The molecule has 0 aromatic carbocycles. The van der Waals surface area contributed by atoms with Crippen LogP contribution in [0.3, 0.4) is 0 Å². The van der Waals surface area contributed by atoms with Crippen molar-refractivity contribution >= 4 is 0 Å². The molecule has 0 amide bonds. The molecule has 84 valence electrons. The first-order valence-electron chi connectivity index (χ1n) is 5.59. The molecular formula is C12H19NO2. The topological polar surface area (TPSA) is 34.4 Å². The SMILES string of the molecule is COC1CC(NC(C)Cc2ccco2)C1. The minimum Gasteiger partial charge on any atom is -0.469 e. The third-order valence-electron chi connectivity index (χ3n) is 3.04. The van der Waals surface area contributed by atoms with E-state index in [1.807, 2.05) is 12.1 Å². The number of furan rings is 1. The summed E-state index contributed by atoms with van der Waals surface area (Å²) in [6, 6.07) is 5.06. The highest BCUT2D eigenvalue weighted by molar-refractivity contribution is 5.00. The lowest BCUT2D eigenvalue weighted by Crippen LogP contribution is -2.48. The molecule has 1 saturated carbocycles. The van der Waals surface area contributed by atoms with Crippen molar-refractivity contribution in [3.8, 4) is 0 Å². The highest BCUT2D eigenvalue weighted by atomic mass is 16.5. The van der Waals surface area contributed by atoms with Crippen molar-refractivity contribution in [1.82, 2.24) is 5.32 Å². The Morgan fingerprint density at radius 3 is 3.00 bits per heavy atom. The van der Waals surface area contributed by atoms with Crippen LogP contribution in [-0.2, 0) is 11.2 Å². The van der Waals surface area contributed by atoms with Gasteiger partial charge in [-0.3, -0.25) is 0 Å². The van der Waals surface area contributed by atoms with E-state index in [1.165, 1.54) is 0 Å². The van der Waals surface area contributed by atoms with Gasteiger partial charge >= 0.3 is 0 Å². The zero-order valence-electron chi connectivity index (χ0n) is 9.40. The fourth-order valence-electron chi connectivity index (χ4n) is 2.09. The molecule has 0 spiro atoms. The molecule has 1 aliphatic carbocycles. The van der Waals surface area contributed by atoms with Crippen molar-refractivity contribution < 1.29 is 9.15 Å². The fourth-order valence-corrected chi connectivity index (χ4v) is 2.09. The molecule has 1 aliphatic rings. The molecule has 1 N–H and O–H groups in total. The standard InChI is InChI=1S/C12H19NO2/c1-9(6-11-4-3-5-15-11)13-10-7-12(8-10)14-2/h3-5,9-10,12-13H,6-8H2,1-2H3. The van der Waals surface area contributed by atoms with E-state index in [2.05, 4.69) is 12.2 Å². The van der Waals surface area contributed by atoms with E-state index in [-0.39, 0.29) is 0 Å². The highest BCUT2D eigenvalue weighted by Crippen LogP contribution is 2.23. The fraction of sp³-hybridized carbons (Fsp3) is 0.667. The molecule has 0 radical (unpaired) electrons. The van der Waals surface area contributed by atoms with E-state index in [9.17, 15) is 0 Å². The summed E-state index contributed by atoms with van der Waals surface area (Å²) in [5.41, 5.74) is 0. The summed E-state index contributed by atoms with van der Waals surface area (Å²) in [5, 5.41) is 3.58. The summed E-state index contributed by atoms with van der Waals surface area (Å²) in [6.07, 6.45) is 5.43. The summed E-state index contributed by atoms with van der Waals surface area (Å²) < 4.78 is 10.6. The van der Waals surface area contributed by atoms with Crippen LogP contribution in [0.2, 0.25) is 0 Å². The monoisotopic (exact) mass is 209 g/mol. The average Bonchev–Trinajstić information content (AvgIpc) is 2.63. The zero-order chi connectivity index (χ0) is 10.7. The lowest BCUT2D eigenvalue weighted by atomic mass is 9.88. The minimum atomic E-state index is 0.471. The quantitative estimate of drug-likeness (QED) is 0.805. The molecule has 0 bridgehead atoms. The summed E-state index contributed by atoms with van der Waals surface area (Å²) in [5.74, 6) is 1.05. The molecule has 1 atom stereocenters. The molecule has 2 rings (SSSR count). The maximum atomic E-state index is 5.31. The molecule has 3 heteroatoms.